The highest BCUT2D eigenvalue weighted by atomic mass is 16.3. The second-order valence-corrected chi connectivity index (χ2v) is 4.25. The Kier molecular flexibility index (Phi) is 3.77. The highest BCUT2D eigenvalue weighted by molar-refractivity contribution is 5.14. The molecule has 13 heavy (non-hydrogen) atoms. The maximum Gasteiger partial charge on any atom is 0.0823 e. The Hall–Kier alpha value is -0.520. The molecule has 0 bridgehead atoms. The van der Waals surface area contributed by atoms with Gasteiger partial charge in [-0.2, -0.15) is 0 Å². The molecular weight excluding hydrogens is 160 g/mol. The maximum absolute atomic E-state index is 9.69. The first-order valence-electron chi connectivity index (χ1n) is 5.25. The van der Waals surface area contributed by atoms with Gasteiger partial charge in [-0.3, -0.25) is 0 Å². The molecular formula is C12H20O. The summed E-state index contributed by atoms with van der Waals surface area (Å²) < 4.78 is 0. The van der Waals surface area contributed by atoms with E-state index in [4.69, 9.17) is 0 Å². The monoisotopic (exact) mass is 180 g/mol. The minimum Gasteiger partial charge on any atom is -0.388 e. The molecule has 0 aromatic carbocycles. The second-order valence-electron chi connectivity index (χ2n) is 4.25. The fraction of sp³-hybridized carbons (Fsp3) is 0.750. The molecule has 0 aliphatic heterocycles. The van der Waals surface area contributed by atoms with Crippen LogP contribution in [0, 0.1) is 5.92 Å². The number of hydrogen-bond donors (Lipinski definition) is 1. The smallest absolute Gasteiger partial charge is 0.0823 e. The van der Waals surface area contributed by atoms with Crippen LogP contribution in [0.25, 0.3) is 0 Å². The molecule has 1 rings (SSSR count). The highest BCUT2D eigenvalue weighted by Gasteiger charge is 2.15. The fourth-order valence-electron chi connectivity index (χ4n) is 1.54. The van der Waals surface area contributed by atoms with Crippen LogP contribution in [0.5, 0.6) is 0 Å². The molecule has 1 N–H and O–H groups in total. The van der Waals surface area contributed by atoms with Gasteiger partial charge in [0.05, 0.1) is 6.10 Å². The normalized spacial score (nSPS) is 23.2. The molecule has 1 heteroatoms. The lowest BCUT2D eigenvalue weighted by Gasteiger charge is -2.18. The summed E-state index contributed by atoms with van der Waals surface area (Å²) in [6.07, 6.45) is 4.11. The molecule has 74 valence electrons. The molecule has 0 aromatic rings. The van der Waals surface area contributed by atoms with Crippen molar-refractivity contribution in [2.24, 2.45) is 5.92 Å². The van der Waals surface area contributed by atoms with Gasteiger partial charge in [-0.15, -0.1) is 5.73 Å². The Bertz CT molecular complexity index is 232. The van der Waals surface area contributed by atoms with Crippen LogP contribution >= 0.6 is 0 Å². The molecule has 1 nitrogen and oxygen atoms in total. The van der Waals surface area contributed by atoms with E-state index in [1.807, 2.05) is 0 Å². The third kappa shape index (κ3) is 3.02. The minimum atomic E-state index is -0.220. The van der Waals surface area contributed by atoms with Gasteiger partial charge < -0.3 is 5.11 Å². The van der Waals surface area contributed by atoms with Crippen molar-refractivity contribution in [1.29, 1.82) is 0 Å². The third-order valence-electron chi connectivity index (χ3n) is 2.80. The summed E-state index contributed by atoms with van der Waals surface area (Å²) in [6, 6.07) is 0. The van der Waals surface area contributed by atoms with Crippen LogP contribution in [0.2, 0.25) is 0 Å². The lowest BCUT2D eigenvalue weighted by atomic mass is 9.91. The van der Waals surface area contributed by atoms with Gasteiger partial charge in [0.25, 0.3) is 0 Å². The van der Waals surface area contributed by atoms with E-state index in [0.29, 0.717) is 5.92 Å². The first kappa shape index (κ1) is 10.6. The molecule has 1 aliphatic rings. The molecule has 1 unspecified atom stereocenters. The van der Waals surface area contributed by atoms with E-state index in [-0.39, 0.29) is 6.10 Å². The van der Waals surface area contributed by atoms with Crippen molar-refractivity contribution in [2.75, 3.05) is 0 Å². The van der Waals surface area contributed by atoms with E-state index >= 15 is 0 Å². The Morgan fingerprint density at radius 1 is 1.46 bits per heavy atom. The molecule has 0 radical (unpaired) electrons. The maximum atomic E-state index is 9.69. The van der Waals surface area contributed by atoms with Gasteiger partial charge in [0.15, 0.2) is 0 Å². The third-order valence-corrected chi connectivity index (χ3v) is 2.80. The van der Waals surface area contributed by atoms with Gasteiger partial charge in [0.2, 0.25) is 0 Å². The number of aliphatic hydroxyl groups excluding tert-OH is 1. The predicted molar refractivity (Wildman–Crippen MR) is 55.5 cm³/mol. The van der Waals surface area contributed by atoms with Crippen molar-refractivity contribution >= 4 is 0 Å². The van der Waals surface area contributed by atoms with Crippen molar-refractivity contribution in [3.8, 4) is 0 Å². The Morgan fingerprint density at radius 2 is 2.15 bits per heavy atom. The zero-order valence-corrected chi connectivity index (χ0v) is 8.93. The molecule has 1 fully saturated rings. The van der Waals surface area contributed by atoms with Gasteiger partial charge in [-0.1, -0.05) is 20.3 Å². The zero-order valence-electron chi connectivity index (χ0n) is 8.93. The van der Waals surface area contributed by atoms with E-state index in [0.717, 1.165) is 24.8 Å². The van der Waals surface area contributed by atoms with Crippen molar-refractivity contribution in [2.45, 2.75) is 52.6 Å². The summed E-state index contributed by atoms with van der Waals surface area (Å²) in [5.41, 5.74) is 5.73. The van der Waals surface area contributed by atoms with E-state index in [9.17, 15) is 5.11 Å². The van der Waals surface area contributed by atoms with E-state index in [1.54, 1.807) is 0 Å². The predicted octanol–water partition coefficient (Wildman–Crippen LogP) is 3.05. The summed E-state index contributed by atoms with van der Waals surface area (Å²) in [7, 11) is 0. The molecule has 0 amide bonds. The molecule has 1 aliphatic carbocycles. The molecule has 0 heterocycles. The van der Waals surface area contributed by atoms with Crippen LogP contribution in [-0.4, -0.2) is 11.2 Å². The van der Waals surface area contributed by atoms with Gasteiger partial charge in [-0.25, -0.2) is 0 Å². The van der Waals surface area contributed by atoms with E-state index in [1.165, 1.54) is 12.0 Å². The van der Waals surface area contributed by atoms with E-state index in [2.05, 4.69) is 26.5 Å². The minimum absolute atomic E-state index is 0.220. The van der Waals surface area contributed by atoms with Crippen molar-refractivity contribution in [1.82, 2.24) is 0 Å². The SMILES string of the molecule is CC(=C=C1CCCCC1O)C(C)C. The van der Waals surface area contributed by atoms with Crippen LogP contribution in [0.3, 0.4) is 0 Å². The van der Waals surface area contributed by atoms with E-state index < -0.39 is 0 Å². The summed E-state index contributed by atoms with van der Waals surface area (Å²) in [6.45, 7) is 6.43. The summed E-state index contributed by atoms with van der Waals surface area (Å²) >= 11 is 0. The average molecular weight is 180 g/mol. The Morgan fingerprint density at radius 3 is 2.69 bits per heavy atom. The van der Waals surface area contributed by atoms with Gasteiger partial charge >= 0.3 is 0 Å². The lowest BCUT2D eigenvalue weighted by molar-refractivity contribution is 0.179. The van der Waals surface area contributed by atoms with Gasteiger partial charge in [-0.05, 0) is 37.7 Å². The molecule has 0 spiro atoms. The Labute approximate surface area is 81.2 Å². The van der Waals surface area contributed by atoms with Crippen LogP contribution in [0.15, 0.2) is 16.9 Å². The summed E-state index contributed by atoms with van der Waals surface area (Å²) in [5, 5.41) is 9.69. The van der Waals surface area contributed by atoms with Gasteiger partial charge in [0, 0.05) is 5.57 Å². The number of aliphatic hydroxyl groups is 1. The Balaban J connectivity index is 2.83. The van der Waals surface area contributed by atoms with Gasteiger partial charge in [0.1, 0.15) is 0 Å². The van der Waals surface area contributed by atoms with Crippen molar-refractivity contribution in [3.05, 3.63) is 16.9 Å². The topological polar surface area (TPSA) is 20.2 Å². The second kappa shape index (κ2) is 4.64. The molecule has 0 aromatic heterocycles. The first-order valence-corrected chi connectivity index (χ1v) is 5.25. The van der Waals surface area contributed by atoms with Crippen LogP contribution in [0.1, 0.15) is 46.5 Å². The molecule has 1 saturated carbocycles. The number of hydrogen-bond acceptors (Lipinski definition) is 1. The fourth-order valence-corrected chi connectivity index (χ4v) is 1.54. The van der Waals surface area contributed by atoms with Crippen LogP contribution in [0.4, 0.5) is 0 Å². The summed E-state index contributed by atoms with van der Waals surface area (Å²) in [5.74, 6) is 0.543. The largest absolute Gasteiger partial charge is 0.388 e. The highest BCUT2D eigenvalue weighted by Crippen LogP contribution is 2.23. The quantitative estimate of drug-likeness (QED) is 0.615. The number of rotatable bonds is 1. The van der Waals surface area contributed by atoms with Crippen molar-refractivity contribution < 1.29 is 5.11 Å². The zero-order chi connectivity index (χ0) is 9.84. The standard InChI is InChI=1S/C12H20O/c1-9(2)10(3)8-11-6-4-5-7-12(11)13/h9,12-13H,4-7H2,1-3H3. The molecule has 0 saturated heterocycles. The average Bonchev–Trinajstić information content (AvgIpc) is 2.08. The first-order chi connectivity index (χ1) is 6.11. The van der Waals surface area contributed by atoms with Crippen molar-refractivity contribution in [3.63, 3.8) is 0 Å². The van der Waals surface area contributed by atoms with Crippen LogP contribution in [-0.2, 0) is 0 Å². The summed E-state index contributed by atoms with van der Waals surface area (Å²) in [4.78, 5) is 0. The molecule has 1 atom stereocenters. The lowest BCUT2D eigenvalue weighted by Crippen LogP contribution is -2.14. The van der Waals surface area contributed by atoms with Crippen LogP contribution < -0.4 is 0 Å².